The van der Waals surface area contributed by atoms with E-state index in [2.05, 4.69) is 45.4 Å². The Morgan fingerprint density at radius 1 is 1.07 bits per heavy atom. The molecule has 2 aliphatic rings. The molecule has 0 saturated heterocycles. The number of hydrogen-bond acceptors (Lipinski definition) is 5. The molecule has 0 spiro atoms. The van der Waals surface area contributed by atoms with Gasteiger partial charge in [-0.25, -0.2) is 13.1 Å². The van der Waals surface area contributed by atoms with Crippen LogP contribution in [0.15, 0.2) is 23.3 Å². The lowest BCUT2D eigenvalue weighted by Gasteiger charge is -2.61. The van der Waals surface area contributed by atoms with Gasteiger partial charge >= 0.3 is 6.18 Å². The van der Waals surface area contributed by atoms with Crippen LogP contribution in [-0.2, 0) is 19.6 Å². The van der Waals surface area contributed by atoms with Crippen molar-refractivity contribution in [3.63, 3.8) is 0 Å². The number of alkyl halides is 3. The summed E-state index contributed by atoms with van der Waals surface area (Å²) in [6, 6.07) is 2.08. The fraction of sp³-hybridized carbons (Fsp3) is 0.794. The van der Waals surface area contributed by atoms with Gasteiger partial charge in [-0.15, -0.1) is 0 Å². The van der Waals surface area contributed by atoms with Crippen LogP contribution in [0.5, 0.6) is 0 Å². The van der Waals surface area contributed by atoms with Gasteiger partial charge in [0.05, 0.1) is 5.57 Å². The van der Waals surface area contributed by atoms with Crippen molar-refractivity contribution in [3.8, 4) is 6.07 Å². The normalized spacial score (nSPS) is 28.6. The quantitative estimate of drug-likeness (QED) is 0.216. The number of nitrogens with zero attached hydrogens (tertiary/aromatic N) is 1. The van der Waals surface area contributed by atoms with E-state index < -0.39 is 49.2 Å². The number of fused-ring (bicyclic) bond motifs is 1. The largest absolute Gasteiger partial charge is 0.404 e. The van der Waals surface area contributed by atoms with E-state index in [9.17, 15) is 36.4 Å². The average Bonchev–Trinajstić information content (AvgIpc) is 2.84. The van der Waals surface area contributed by atoms with Crippen LogP contribution in [0.3, 0.4) is 0 Å². The van der Waals surface area contributed by atoms with Crippen molar-refractivity contribution in [2.24, 2.45) is 33.0 Å². The van der Waals surface area contributed by atoms with E-state index in [0.29, 0.717) is 32.1 Å². The molecule has 0 unspecified atom stereocenters. The molecule has 44 heavy (non-hydrogen) atoms. The molecule has 0 amide bonds. The zero-order chi connectivity index (χ0) is 34.4. The average molecular weight is 643 g/mol. The summed E-state index contributed by atoms with van der Waals surface area (Å²) in [5.41, 5.74) is -3.09. The summed E-state index contributed by atoms with van der Waals surface area (Å²) in [5.74, 6) is -2.45. The van der Waals surface area contributed by atoms with Gasteiger partial charge in [-0.1, -0.05) is 80.4 Å². The van der Waals surface area contributed by atoms with Crippen LogP contribution >= 0.6 is 0 Å². The molecule has 0 aromatic carbocycles. The van der Waals surface area contributed by atoms with Crippen LogP contribution in [0, 0.1) is 44.3 Å². The highest BCUT2D eigenvalue weighted by atomic mass is 32.2. The molecule has 0 aromatic heterocycles. The fourth-order valence-corrected chi connectivity index (χ4v) is 9.08. The van der Waals surface area contributed by atoms with Crippen LogP contribution < -0.4 is 4.72 Å². The summed E-state index contributed by atoms with van der Waals surface area (Å²) in [6.45, 7) is 21.2. The number of halogens is 3. The predicted octanol–water partition coefficient (Wildman–Crippen LogP) is 8.25. The highest BCUT2D eigenvalue weighted by Gasteiger charge is 2.61. The molecule has 0 radical (unpaired) electrons. The van der Waals surface area contributed by atoms with Crippen LogP contribution in [-0.4, -0.2) is 37.5 Å². The summed E-state index contributed by atoms with van der Waals surface area (Å²) in [7, 11) is -4.66. The van der Waals surface area contributed by atoms with Gasteiger partial charge in [-0.05, 0) is 80.6 Å². The fourth-order valence-electron chi connectivity index (χ4n) is 7.62. The molecule has 4 atom stereocenters. The predicted molar refractivity (Wildman–Crippen MR) is 168 cm³/mol. The molecule has 1 fully saturated rings. The van der Waals surface area contributed by atoms with E-state index in [1.165, 1.54) is 6.92 Å². The third-order valence-corrected chi connectivity index (χ3v) is 12.8. The highest BCUT2D eigenvalue weighted by Crippen LogP contribution is 2.67. The lowest BCUT2D eigenvalue weighted by atomic mass is 9.42. The van der Waals surface area contributed by atoms with E-state index in [1.54, 1.807) is 19.1 Å². The second-order valence-corrected chi connectivity index (χ2v) is 17.8. The molecule has 2 aliphatic carbocycles. The summed E-state index contributed by atoms with van der Waals surface area (Å²) < 4.78 is 67.4. The second kappa shape index (κ2) is 12.3. The highest BCUT2D eigenvalue weighted by molar-refractivity contribution is 7.89. The lowest BCUT2D eigenvalue weighted by molar-refractivity contribution is -0.131. The van der Waals surface area contributed by atoms with Gasteiger partial charge in [0.15, 0.2) is 17.3 Å². The number of sulfonamides is 1. The molecule has 250 valence electrons. The van der Waals surface area contributed by atoms with Crippen LogP contribution in [0.4, 0.5) is 13.2 Å². The zero-order valence-corrected chi connectivity index (χ0v) is 29.3. The van der Waals surface area contributed by atoms with Crippen LogP contribution in [0.1, 0.15) is 121 Å². The first-order valence-corrected chi connectivity index (χ1v) is 17.2. The number of Topliss-reactive ketones (excluding diaryl/α,β-unsaturated/α-hetero) is 1. The Labute approximate surface area is 263 Å². The molecule has 0 aliphatic heterocycles. The molecule has 0 aromatic rings. The Morgan fingerprint density at radius 3 is 2.09 bits per heavy atom. The number of carbonyl (C=O) groups is 2. The van der Waals surface area contributed by atoms with Gasteiger partial charge in [0.2, 0.25) is 10.0 Å². The minimum atomic E-state index is -4.87. The van der Waals surface area contributed by atoms with Crippen LogP contribution in [0.25, 0.3) is 0 Å². The van der Waals surface area contributed by atoms with Crippen molar-refractivity contribution >= 4 is 21.6 Å². The minimum absolute atomic E-state index is 0.0791. The maximum absolute atomic E-state index is 13.2. The molecule has 10 heteroatoms. The van der Waals surface area contributed by atoms with E-state index >= 15 is 0 Å². The number of ketones is 2. The molecular formula is C34H53F3N2O4S. The monoisotopic (exact) mass is 642 g/mol. The van der Waals surface area contributed by atoms with E-state index in [4.69, 9.17) is 0 Å². The van der Waals surface area contributed by atoms with Gasteiger partial charge in [0, 0.05) is 16.4 Å². The first-order chi connectivity index (χ1) is 19.6. The van der Waals surface area contributed by atoms with E-state index in [0.717, 1.165) is 12.0 Å². The third-order valence-electron chi connectivity index (χ3n) is 11.3. The molecule has 6 nitrogen and oxygen atoms in total. The molecule has 0 bridgehead atoms. The molecule has 2 rings (SSSR count). The summed E-state index contributed by atoms with van der Waals surface area (Å²) >= 11 is 0. The number of rotatable bonds is 12. The lowest BCUT2D eigenvalue weighted by Crippen LogP contribution is -2.56. The minimum Gasteiger partial charge on any atom is -0.295 e. The maximum Gasteiger partial charge on any atom is 0.404 e. The van der Waals surface area contributed by atoms with Crippen molar-refractivity contribution < 1.29 is 31.2 Å². The van der Waals surface area contributed by atoms with Crippen molar-refractivity contribution in [1.29, 1.82) is 5.26 Å². The summed E-state index contributed by atoms with van der Waals surface area (Å²) in [6.07, 6.45) is 2.36. The third kappa shape index (κ3) is 8.04. The van der Waals surface area contributed by atoms with Gasteiger partial charge in [-0.2, -0.15) is 18.4 Å². The number of nitrogens with one attached hydrogen (secondary N) is 1. The van der Waals surface area contributed by atoms with Gasteiger partial charge in [0.25, 0.3) is 0 Å². The summed E-state index contributed by atoms with van der Waals surface area (Å²) in [4.78, 5) is 25.9. The topological polar surface area (TPSA) is 104 Å². The number of allylic oxidation sites excluding steroid dienone is 4. The summed E-state index contributed by atoms with van der Waals surface area (Å²) in [5, 5.41) is 9.87. The van der Waals surface area contributed by atoms with Crippen molar-refractivity contribution in [2.45, 2.75) is 133 Å². The number of carbonyl (C=O) groups excluding carboxylic acids is 2. The second-order valence-electron chi connectivity index (χ2n) is 16.0. The number of hydrogen-bond donors (Lipinski definition) is 1. The van der Waals surface area contributed by atoms with Gasteiger partial charge in [-0.3, -0.25) is 9.59 Å². The Bertz CT molecular complexity index is 1350. The van der Waals surface area contributed by atoms with Crippen molar-refractivity contribution in [1.82, 2.24) is 4.72 Å². The Morgan fingerprint density at radius 2 is 1.61 bits per heavy atom. The Kier molecular flexibility index (Phi) is 10.7. The smallest absolute Gasteiger partial charge is 0.295 e. The Hall–Kier alpha value is -1.99. The van der Waals surface area contributed by atoms with Gasteiger partial charge < -0.3 is 0 Å². The van der Waals surface area contributed by atoms with E-state index in [-0.39, 0.29) is 34.9 Å². The molecule has 1 N–H and O–H groups in total. The maximum atomic E-state index is 13.2. The number of nitriles is 1. The molecule has 1 saturated carbocycles. The SMILES string of the molecule is CCC(C)(C)CC[C@@](C)(CCC(C)(C)[C@]1(C)CC[C@H]2C(C)(C)C(=O)C(C#N)=C[C@]2(C)/C1=C/C(C)=O)NS(=O)(=O)CC(F)(F)F. The van der Waals surface area contributed by atoms with E-state index in [1.807, 2.05) is 27.7 Å². The first kappa shape index (κ1) is 38.2. The van der Waals surface area contributed by atoms with Crippen molar-refractivity contribution in [2.75, 3.05) is 5.75 Å². The Balaban J connectivity index is 2.59. The zero-order valence-electron chi connectivity index (χ0n) is 28.5. The molecule has 0 heterocycles. The first-order valence-electron chi connectivity index (χ1n) is 15.6. The molecular weight excluding hydrogens is 589 g/mol. The van der Waals surface area contributed by atoms with Crippen molar-refractivity contribution in [3.05, 3.63) is 23.3 Å². The standard InChI is InChI=1S/C34H53F3N2O4S/c1-12-28(3,4)15-17-31(9,39-44(42,43)22-34(35,36)37)18-16-29(5,6)33(11)14-13-25-30(7,8)27(41)24(21-38)20-32(25,10)26(33)19-23(2)40/h19-20,25,39H,12-18,22H2,1-11H3/b26-19-/t25-,31-,32-,33+/m0/s1. The van der Waals surface area contributed by atoms with Crippen LogP contribution in [0.2, 0.25) is 0 Å². The van der Waals surface area contributed by atoms with Gasteiger partial charge in [0.1, 0.15) is 6.07 Å².